The van der Waals surface area contributed by atoms with Gasteiger partial charge in [-0.2, -0.15) is 0 Å². The van der Waals surface area contributed by atoms with Gasteiger partial charge >= 0.3 is 0 Å². The minimum absolute atomic E-state index is 0.105. The molecule has 0 aromatic carbocycles. The van der Waals surface area contributed by atoms with E-state index in [-0.39, 0.29) is 18.3 Å². The standard InChI is InChI=1S/C10H20N2O3/c11-5-8-1-2-12(6-9(8)13)7-10-14-3-4-15-10/h8-10,13H,1-7,11H2. The Balaban J connectivity index is 1.75. The van der Waals surface area contributed by atoms with Gasteiger partial charge in [0, 0.05) is 13.1 Å². The van der Waals surface area contributed by atoms with Crippen LogP contribution in [-0.2, 0) is 9.47 Å². The number of hydrogen-bond acceptors (Lipinski definition) is 5. The summed E-state index contributed by atoms with van der Waals surface area (Å²) in [7, 11) is 0. The van der Waals surface area contributed by atoms with E-state index < -0.39 is 0 Å². The lowest BCUT2D eigenvalue weighted by atomic mass is 9.94. The van der Waals surface area contributed by atoms with Crippen molar-refractivity contribution in [2.24, 2.45) is 11.7 Å². The fourth-order valence-corrected chi connectivity index (χ4v) is 2.21. The van der Waals surface area contributed by atoms with Gasteiger partial charge in [-0.05, 0) is 25.4 Å². The Morgan fingerprint density at radius 3 is 2.67 bits per heavy atom. The highest BCUT2D eigenvalue weighted by molar-refractivity contribution is 4.81. The van der Waals surface area contributed by atoms with Crippen LogP contribution in [0.1, 0.15) is 6.42 Å². The first-order valence-corrected chi connectivity index (χ1v) is 5.63. The third-order valence-electron chi connectivity index (χ3n) is 3.21. The van der Waals surface area contributed by atoms with E-state index in [1.54, 1.807) is 0 Å². The van der Waals surface area contributed by atoms with Crippen molar-refractivity contribution >= 4 is 0 Å². The lowest BCUT2D eigenvalue weighted by Gasteiger charge is -2.36. The molecule has 0 radical (unpaired) electrons. The summed E-state index contributed by atoms with van der Waals surface area (Å²) in [6, 6.07) is 0. The van der Waals surface area contributed by atoms with Gasteiger partial charge in [0.2, 0.25) is 0 Å². The van der Waals surface area contributed by atoms with Crippen LogP contribution in [0.2, 0.25) is 0 Å². The fourth-order valence-electron chi connectivity index (χ4n) is 2.21. The summed E-state index contributed by atoms with van der Waals surface area (Å²) in [5.41, 5.74) is 5.57. The number of β-amino-alcohol motifs (C(OH)–C–C–N with tert-alkyl or cyclic N) is 1. The predicted molar refractivity (Wildman–Crippen MR) is 55.3 cm³/mol. The summed E-state index contributed by atoms with van der Waals surface area (Å²) in [6.45, 7) is 4.37. The van der Waals surface area contributed by atoms with E-state index in [1.165, 1.54) is 0 Å². The zero-order valence-corrected chi connectivity index (χ0v) is 8.97. The van der Waals surface area contributed by atoms with Crippen molar-refractivity contribution < 1.29 is 14.6 Å². The molecule has 0 aliphatic carbocycles. The molecule has 2 aliphatic rings. The van der Waals surface area contributed by atoms with Gasteiger partial charge in [0.05, 0.1) is 19.3 Å². The highest BCUT2D eigenvalue weighted by atomic mass is 16.7. The van der Waals surface area contributed by atoms with Crippen molar-refractivity contribution in [1.29, 1.82) is 0 Å². The highest BCUT2D eigenvalue weighted by Crippen LogP contribution is 2.18. The SMILES string of the molecule is NCC1CCN(CC2OCCO2)CC1O. The molecule has 2 saturated heterocycles. The average molecular weight is 216 g/mol. The van der Waals surface area contributed by atoms with Gasteiger partial charge < -0.3 is 20.3 Å². The van der Waals surface area contributed by atoms with Crippen molar-refractivity contribution in [3.05, 3.63) is 0 Å². The van der Waals surface area contributed by atoms with Crippen LogP contribution in [0.4, 0.5) is 0 Å². The quantitative estimate of drug-likeness (QED) is 0.633. The maximum atomic E-state index is 9.81. The van der Waals surface area contributed by atoms with Crippen molar-refractivity contribution in [2.75, 3.05) is 39.4 Å². The smallest absolute Gasteiger partial charge is 0.170 e. The van der Waals surface area contributed by atoms with E-state index in [9.17, 15) is 5.11 Å². The molecular formula is C10H20N2O3. The second-order valence-electron chi connectivity index (χ2n) is 4.28. The Kier molecular flexibility index (Phi) is 3.93. The summed E-state index contributed by atoms with van der Waals surface area (Å²) in [4.78, 5) is 2.19. The number of aliphatic hydroxyl groups excluding tert-OH is 1. The van der Waals surface area contributed by atoms with Gasteiger partial charge in [-0.15, -0.1) is 0 Å². The van der Waals surface area contributed by atoms with Gasteiger partial charge in [0.1, 0.15) is 0 Å². The van der Waals surface area contributed by atoms with Crippen LogP contribution >= 0.6 is 0 Å². The number of likely N-dealkylation sites (tertiary alicyclic amines) is 1. The first kappa shape index (κ1) is 11.3. The number of piperidine rings is 1. The van der Waals surface area contributed by atoms with Crippen LogP contribution in [0.25, 0.3) is 0 Å². The summed E-state index contributed by atoms with van der Waals surface area (Å²) in [6.07, 6.45) is 0.557. The average Bonchev–Trinajstić information content (AvgIpc) is 2.71. The number of rotatable bonds is 3. The molecule has 5 nitrogen and oxygen atoms in total. The molecule has 0 bridgehead atoms. The van der Waals surface area contributed by atoms with Gasteiger partial charge in [-0.3, -0.25) is 4.90 Å². The molecule has 3 N–H and O–H groups in total. The molecule has 2 atom stereocenters. The minimum atomic E-state index is -0.301. The fraction of sp³-hybridized carbons (Fsp3) is 1.00. The Hall–Kier alpha value is -0.200. The Morgan fingerprint density at radius 2 is 2.07 bits per heavy atom. The van der Waals surface area contributed by atoms with Crippen LogP contribution in [0.3, 0.4) is 0 Å². The molecule has 0 amide bonds. The molecule has 15 heavy (non-hydrogen) atoms. The number of nitrogens with two attached hydrogens (primary N) is 1. The van der Waals surface area contributed by atoms with Gasteiger partial charge in [0.15, 0.2) is 6.29 Å². The van der Waals surface area contributed by atoms with Gasteiger partial charge in [0.25, 0.3) is 0 Å². The third-order valence-corrected chi connectivity index (χ3v) is 3.21. The molecule has 2 aliphatic heterocycles. The zero-order chi connectivity index (χ0) is 10.7. The van der Waals surface area contributed by atoms with Gasteiger partial charge in [-0.1, -0.05) is 0 Å². The van der Waals surface area contributed by atoms with E-state index >= 15 is 0 Å². The maximum absolute atomic E-state index is 9.81. The van der Waals surface area contributed by atoms with Crippen molar-refractivity contribution in [2.45, 2.75) is 18.8 Å². The van der Waals surface area contributed by atoms with Gasteiger partial charge in [-0.25, -0.2) is 0 Å². The molecule has 88 valence electrons. The van der Waals surface area contributed by atoms with Crippen molar-refractivity contribution in [1.82, 2.24) is 4.90 Å². The van der Waals surface area contributed by atoms with E-state index in [4.69, 9.17) is 15.2 Å². The Labute approximate surface area is 90.1 Å². The molecule has 5 heteroatoms. The molecule has 2 heterocycles. The number of nitrogens with zero attached hydrogens (tertiary/aromatic N) is 1. The lowest BCUT2D eigenvalue weighted by molar-refractivity contribution is -0.0777. The lowest BCUT2D eigenvalue weighted by Crippen LogP contribution is -2.48. The van der Waals surface area contributed by atoms with E-state index in [0.29, 0.717) is 26.3 Å². The minimum Gasteiger partial charge on any atom is -0.391 e. The summed E-state index contributed by atoms with van der Waals surface area (Å²) < 4.78 is 10.7. The predicted octanol–water partition coefficient (Wildman–Crippen LogP) is -0.999. The number of hydrogen-bond donors (Lipinski definition) is 2. The van der Waals surface area contributed by atoms with E-state index in [2.05, 4.69) is 4.90 Å². The van der Waals surface area contributed by atoms with Crippen LogP contribution in [0.15, 0.2) is 0 Å². The second-order valence-corrected chi connectivity index (χ2v) is 4.28. The molecule has 2 unspecified atom stereocenters. The first-order chi connectivity index (χ1) is 7.29. The van der Waals surface area contributed by atoms with Crippen LogP contribution in [-0.4, -0.2) is 61.8 Å². The molecule has 0 aromatic heterocycles. The van der Waals surface area contributed by atoms with Crippen LogP contribution in [0.5, 0.6) is 0 Å². The molecule has 0 saturated carbocycles. The second kappa shape index (κ2) is 5.23. The topological polar surface area (TPSA) is 68.0 Å². The van der Waals surface area contributed by atoms with Crippen LogP contribution < -0.4 is 5.73 Å². The first-order valence-electron chi connectivity index (χ1n) is 5.63. The molecule has 2 fully saturated rings. The van der Waals surface area contributed by atoms with Crippen molar-refractivity contribution in [3.63, 3.8) is 0 Å². The third kappa shape index (κ3) is 2.89. The summed E-state index contributed by atoms with van der Waals surface area (Å²) in [5.74, 6) is 0.256. The normalized spacial score (nSPS) is 34.8. The molecule has 0 spiro atoms. The molecular weight excluding hydrogens is 196 g/mol. The Morgan fingerprint density at radius 1 is 1.33 bits per heavy atom. The van der Waals surface area contributed by atoms with Crippen molar-refractivity contribution in [3.8, 4) is 0 Å². The maximum Gasteiger partial charge on any atom is 0.170 e. The summed E-state index contributed by atoms with van der Waals surface area (Å²) >= 11 is 0. The summed E-state index contributed by atoms with van der Waals surface area (Å²) in [5, 5.41) is 9.81. The van der Waals surface area contributed by atoms with E-state index in [0.717, 1.165) is 19.5 Å². The number of ether oxygens (including phenoxy) is 2. The highest BCUT2D eigenvalue weighted by Gasteiger charge is 2.29. The zero-order valence-electron chi connectivity index (χ0n) is 8.97. The molecule has 2 rings (SSSR count). The number of aliphatic hydroxyl groups is 1. The largest absolute Gasteiger partial charge is 0.391 e. The monoisotopic (exact) mass is 216 g/mol. The van der Waals surface area contributed by atoms with Crippen LogP contribution in [0, 0.1) is 5.92 Å². The van der Waals surface area contributed by atoms with E-state index in [1.807, 2.05) is 0 Å². The molecule has 0 aromatic rings. The Bertz CT molecular complexity index is 197.